The molecule has 2 nitrogen and oxygen atoms in total. The van der Waals surface area contributed by atoms with Crippen LogP contribution in [0.25, 0.3) is 10.9 Å². The van der Waals surface area contributed by atoms with Gasteiger partial charge in [0, 0.05) is 17.3 Å². The Morgan fingerprint density at radius 3 is 2.59 bits per heavy atom. The fourth-order valence-corrected chi connectivity index (χ4v) is 2.86. The summed E-state index contributed by atoms with van der Waals surface area (Å²) in [5.41, 5.74) is 8.26. The molecule has 2 atom stereocenters. The molecule has 1 saturated carbocycles. The van der Waals surface area contributed by atoms with E-state index in [2.05, 4.69) is 31.0 Å². The molecule has 0 aliphatic heterocycles. The van der Waals surface area contributed by atoms with Crippen LogP contribution in [0.15, 0.2) is 30.3 Å². The molecule has 2 N–H and O–H groups in total. The fourth-order valence-electron chi connectivity index (χ4n) is 2.60. The van der Waals surface area contributed by atoms with Gasteiger partial charge in [0.25, 0.3) is 0 Å². The van der Waals surface area contributed by atoms with Crippen molar-refractivity contribution in [2.45, 2.75) is 25.8 Å². The summed E-state index contributed by atoms with van der Waals surface area (Å²) >= 11 is 6.26. The minimum atomic E-state index is 0.133. The van der Waals surface area contributed by atoms with Gasteiger partial charge in [-0.1, -0.05) is 43.6 Å². The van der Waals surface area contributed by atoms with Crippen molar-refractivity contribution in [3.63, 3.8) is 0 Å². The van der Waals surface area contributed by atoms with Gasteiger partial charge in [0.15, 0.2) is 0 Å². The second kappa shape index (κ2) is 3.44. The van der Waals surface area contributed by atoms with Crippen LogP contribution in [0.1, 0.15) is 25.3 Å². The third-order valence-electron chi connectivity index (χ3n) is 3.95. The lowest BCUT2D eigenvalue weighted by molar-refractivity contribution is 0.599. The van der Waals surface area contributed by atoms with Gasteiger partial charge in [-0.2, -0.15) is 0 Å². The molecule has 1 fully saturated rings. The average Bonchev–Trinajstić information content (AvgIpc) is 2.77. The van der Waals surface area contributed by atoms with E-state index in [0.717, 1.165) is 16.5 Å². The Balaban J connectivity index is 2.15. The predicted molar refractivity (Wildman–Crippen MR) is 71.3 cm³/mol. The summed E-state index contributed by atoms with van der Waals surface area (Å²) in [5.74, 6) is 0.326. The van der Waals surface area contributed by atoms with E-state index in [4.69, 9.17) is 17.3 Å². The molecule has 1 aliphatic rings. The Hall–Kier alpha value is -1.12. The van der Waals surface area contributed by atoms with Crippen LogP contribution in [0.3, 0.4) is 0 Å². The van der Waals surface area contributed by atoms with Crippen molar-refractivity contribution in [3.05, 3.63) is 41.0 Å². The minimum Gasteiger partial charge on any atom is -0.327 e. The van der Waals surface area contributed by atoms with Gasteiger partial charge in [0.2, 0.25) is 0 Å². The van der Waals surface area contributed by atoms with Gasteiger partial charge in [-0.3, -0.25) is 0 Å². The largest absolute Gasteiger partial charge is 0.327 e. The summed E-state index contributed by atoms with van der Waals surface area (Å²) in [4.78, 5) is 4.45. The molecule has 1 heterocycles. The van der Waals surface area contributed by atoms with E-state index in [1.165, 1.54) is 0 Å². The number of nitrogens with two attached hydrogens (primary N) is 1. The molecular formula is C14H15ClN2. The number of hydrogen-bond donors (Lipinski definition) is 1. The first-order valence-electron chi connectivity index (χ1n) is 5.82. The number of nitrogens with zero attached hydrogens (tertiary/aromatic N) is 1. The van der Waals surface area contributed by atoms with E-state index in [-0.39, 0.29) is 11.5 Å². The first-order valence-corrected chi connectivity index (χ1v) is 6.20. The van der Waals surface area contributed by atoms with Crippen molar-refractivity contribution in [3.8, 4) is 0 Å². The van der Waals surface area contributed by atoms with E-state index < -0.39 is 0 Å². The van der Waals surface area contributed by atoms with Crippen LogP contribution in [0, 0.1) is 5.41 Å². The maximum absolute atomic E-state index is 6.26. The quantitative estimate of drug-likeness (QED) is 0.784. The van der Waals surface area contributed by atoms with Crippen LogP contribution in [0.5, 0.6) is 0 Å². The monoisotopic (exact) mass is 246 g/mol. The molecule has 88 valence electrons. The number of benzene rings is 1. The molecule has 1 aromatic carbocycles. The first kappa shape index (κ1) is 11.0. The molecule has 3 heteroatoms. The molecular weight excluding hydrogens is 232 g/mol. The van der Waals surface area contributed by atoms with Crippen molar-refractivity contribution in [1.82, 2.24) is 4.98 Å². The predicted octanol–water partition coefficient (Wildman–Crippen LogP) is 3.34. The van der Waals surface area contributed by atoms with Crippen LogP contribution in [0.4, 0.5) is 0 Å². The standard InChI is InChI=1S/C14H15ClN2/c1-14(2)11(12(14)16)9-7-8-5-3-4-6-10(8)17-13(9)15/h3-7,11-12H,16H2,1-2H3/t11-,12-/m0/s1. The van der Waals surface area contributed by atoms with Gasteiger partial charge in [0.1, 0.15) is 5.15 Å². The van der Waals surface area contributed by atoms with Crippen LogP contribution in [0.2, 0.25) is 5.15 Å². The SMILES string of the molecule is CC1(C)[C@@H](N)[C@@H]1c1cc2ccccc2nc1Cl. The topological polar surface area (TPSA) is 38.9 Å². The Labute approximate surface area is 106 Å². The Kier molecular flexibility index (Phi) is 2.22. The van der Waals surface area contributed by atoms with Crippen LogP contribution >= 0.6 is 11.6 Å². The molecule has 0 saturated heterocycles. The zero-order valence-electron chi connectivity index (χ0n) is 9.94. The highest BCUT2D eigenvalue weighted by molar-refractivity contribution is 6.30. The average molecular weight is 247 g/mol. The normalized spacial score (nSPS) is 26.1. The third kappa shape index (κ3) is 1.55. The molecule has 0 bridgehead atoms. The number of rotatable bonds is 1. The van der Waals surface area contributed by atoms with E-state index in [1.54, 1.807) is 0 Å². The number of para-hydroxylation sites is 1. The van der Waals surface area contributed by atoms with Crippen molar-refractivity contribution in [2.24, 2.45) is 11.1 Å². The Morgan fingerprint density at radius 1 is 1.29 bits per heavy atom. The molecule has 0 radical (unpaired) electrons. The van der Waals surface area contributed by atoms with Gasteiger partial charge >= 0.3 is 0 Å². The summed E-state index contributed by atoms with van der Waals surface area (Å²) in [5, 5.41) is 1.72. The number of halogens is 1. The number of hydrogen-bond acceptors (Lipinski definition) is 2. The number of pyridine rings is 1. The van der Waals surface area contributed by atoms with E-state index in [9.17, 15) is 0 Å². The molecule has 1 aliphatic carbocycles. The maximum Gasteiger partial charge on any atom is 0.133 e. The number of fused-ring (bicyclic) bond motifs is 1. The lowest BCUT2D eigenvalue weighted by atomic mass is 10.0. The highest BCUT2D eigenvalue weighted by Gasteiger charge is 2.57. The molecule has 3 rings (SSSR count). The summed E-state index contributed by atoms with van der Waals surface area (Å²) in [6.07, 6.45) is 0. The van der Waals surface area contributed by atoms with Crippen molar-refractivity contribution in [1.29, 1.82) is 0 Å². The first-order chi connectivity index (χ1) is 8.01. The molecule has 0 unspecified atom stereocenters. The lowest BCUT2D eigenvalue weighted by Gasteiger charge is -2.07. The lowest BCUT2D eigenvalue weighted by Crippen LogP contribution is -2.06. The van der Waals surface area contributed by atoms with Gasteiger partial charge in [0.05, 0.1) is 5.52 Å². The molecule has 1 aromatic heterocycles. The van der Waals surface area contributed by atoms with Gasteiger partial charge in [-0.05, 0) is 23.1 Å². The third-order valence-corrected chi connectivity index (χ3v) is 4.25. The zero-order chi connectivity index (χ0) is 12.2. The summed E-state index contributed by atoms with van der Waals surface area (Å²) in [6.45, 7) is 4.35. The molecule has 2 aromatic rings. The second-order valence-electron chi connectivity index (χ2n) is 5.39. The van der Waals surface area contributed by atoms with E-state index in [1.807, 2.05) is 18.2 Å². The smallest absolute Gasteiger partial charge is 0.133 e. The Bertz CT molecular complexity index is 592. The minimum absolute atomic E-state index is 0.133. The van der Waals surface area contributed by atoms with E-state index >= 15 is 0 Å². The summed E-state index contributed by atoms with van der Waals surface area (Å²) in [7, 11) is 0. The van der Waals surface area contributed by atoms with E-state index in [0.29, 0.717) is 11.1 Å². The van der Waals surface area contributed by atoms with Crippen molar-refractivity contribution < 1.29 is 0 Å². The van der Waals surface area contributed by atoms with Crippen LogP contribution in [-0.4, -0.2) is 11.0 Å². The summed E-state index contributed by atoms with van der Waals surface area (Å²) < 4.78 is 0. The van der Waals surface area contributed by atoms with Crippen molar-refractivity contribution >= 4 is 22.5 Å². The van der Waals surface area contributed by atoms with Gasteiger partial charge < -0.3 is 5.73 Å². The highest BCUT2D eigenvalue weighted by atomic mass is 35.5. The molecule has 0 spiro atoms. The molecule has 0 amide bonds. The van der Waals surface area contributed by atoms with Crippen molar-refractivity contribution in [2.75, 3.05) is 0 Å². The zero-order valence-corrected chi connectivity index (χ0v) is 10.7. The van der Waals surface area contributed by atoms with Gasteiger partial charge in [-0.15, -0.1) is 0 Å². The Morgan fingerprint density at radius 2 is 1.94 bits per heavy atom. The van der Waals surface area contributed by atoms with Gasteiger partial charge in [-0.25, -0.2) is 4.98 Å². The highest BCUT2D eigenvalue weighted by Crippen LogP contribution is 2.58. The maximum atomic E-state index is 6.26. The second-order valence-corrected chi connectivity index (χ2v) is 5.74. The molecule has 17 heavy (non-hydrogen) atoms. The fraction of sp³-hybridized carbons (Fsp3) is 0.357. The summed E-state index contributed by atoms with van der Waals surface area (Å²) in [6, 6.07) is 10.3. The number of aromatic nitrogens is 1. The van der Waals surface area contributed by atoms with Crippen LogP contribution in [-0.2, 0) is 0 Å². The van der Waals surface area contributed by atoms with Crippen LogP contribution < -0.4 is 5.73 Å².